The van der Waals surface area contributed by atoms with Gasteiger partial charge in [-0.15, -0.1) is 0 Å². The van der Waals surface area contributed by atoms with Crippen molar-refractivity contribution < 1.29 is 13.9 Å². The molecule has 0 unspecified atom stereocenters. The maximum Gasteiger partial charge on any atom is 0.271 e. The van der Waals surface area contributed by atoms with E-state index >= 15 is 0 Å². The number of hydrogen-bond acceptors (Lipinski definition) is 4. The summed E-state index contributed by atoms with van der Waals surface area (Å²) < 4.78 is 22.8. The molecule has 3 rings (SSSR count). The third-order valence-corrected chi connectivity index (χ3v) is 5.74. The summed E-state index contributed by atoms with van der Waals surface area (Å²) in [6.45, 7) is 9.79. The third-order valence-electron chi connectivity index (χ3n) is 5.74. The van der Waals surface area contributed by atoms with E-state index in [4.69, 9.17) is 4.74 Å². The zero-order valence-electron chi connectivity index (χ0n) is 20.2. The molecular weight excluding hydrogens is 423 g/mol. The average Bonchev–Trinajstić information content (AvgIpc) is 3.05. The van der Waals surface area contributed by atoms with E-state index in [0.717, 1.165) is 12.2 Å². The van der Waals surface area contributed by atoms with E-state index in [0.29, 0.717) is 41.8 Å². The topological polar surface area (TPSA) is 68.5 Å². The van der Waals surface area contributed by atoms with Crippen molar-refractivity contribution in [2.45, 2.75) is 40.2 Å². The summed E-state index contributed by atoms with van der Waals surface area (Å²) in [7, 11) is 3.75. The summed E-state index contributed by atoms with van der Waals surface area (Å²) in [5, 5.41) is 3.28. The number of amides is 1. The van der Waals surface area contributed by atoms with Gasteiger partial charge in [0.25, 0.3) is 11.5 Å². The molecule has 0 aliphatic heterocycles. The number of nitrogens with one attached hydrogen (secondary N) is 1. The quantitative estimate of drug-likeness (QED) is 0.535. The van der Waals surface area contributed by atoms with Gasteiger partial charge < -0.3 is 19.5 Å². The molecule has 8 heteroatoms. The van der Waals surface area contributed by atoms with E-state index in [1.807, 2.05) is 33.9 Å². The lowest BCUT2D eigenvalue weighted by atomic mass is 10.2. The lowest BCUT2D eigenvalue weighted by Crippen LogP contribution is -2.34. The summed E-state index contributed by atoms with van der Waals surface area (Å²) in [6, 6.07) is 7.70. The largest absolute Gasteiger partial charge is 0.488 e. The van der Waals surface area contributed by atoms with Gasteiger partial charge >= 0.3 is 0 Å². The van der Waals surface area contributed by atoms with Crippen molar-refractivity contribution in [3.63, 3.8) is 0 Å². The van der Waals surface area contributed by atoms with Gasteiger partial charge in [-0.05, 0) is 64.2 Å². The lowest BCUT2D eigenvalue weighted by Gasteiger charge is -2.15. The number of halogens is 1. The smallest absolute Gasteiger partial charge is 0.271 e. The fraction of sp³-hybridized carbons (Fsp3) is 0.440. The van der Waals surface area contributed by atoms with E-state index in [9.17, 15) is 14.0 Å². The number of carbonyl (C=O) groups excluding carboxylic acids is 1. The first-order chi connectivity index (χ1) is 15.7. The van der Waals surface area contributed by atoms with Gasteiger partial charge in [0.2, 0.25) is 0 Å². The molecule has 1 amide bonds. The number of benzene rings is 1. The molecule has 7 nitrogen and oxygen atoms in total. The molecule has 0 spiro atoms. The number of pyridine rings is 1. The number of likely N-dealkylation sites (N-methyl/N-ethyl adjacent to an activating group) is 1. The minimum Gasteiger partial charge on any atom is -0.488 e. The molecule has 0 radical (unpaired) electrons. The fourth-order valence-corrected chi connectivity index (χ4v) is 3.86. The molecule has 33 heavy (non-hydrogen) atoms. The second-order valence-electron chi connectivity index (χ2n) is 8.42. The van der Waals surface area contributed by atoms with Crippen LogP contribution in [0.1, 0.15) is 43.9 Å². The Kier molecular flexibility index (Phi) is 7.58. The van der Waals surface area contributed by atoms with Gasteiger partial charge in [0.1, 0.15) is 11.2 Å². The number of nitrogens with zero attached hydrogens (tertiary/aromatic N) is 3. The van der Waals surface area contributed by atoms with Crippen LogP contribution in [0.15, 0.2) is 35.1 Å². The molecular formula is C25H33FN4O3. The minimum absolute atomic E-state index is 0.238. The predicted molar refractivity (Wildman–Crippen MR) is 129 cm³/mol. The number of hydrogen-bond donors (Lipinski definition) is 1. The van der Waals surface area contributed by atoms with E-state index in [1.165, 1.54) is 12.1 Å². The molecule has 1 N–H and O–H groups in total. The Labute approximate surface area is 193 Å². The fourth-order valence-electron chi connectivity index (χ4n) is 3.86. The van der Waals surface area contributed by atoms with Gasteiger partial charge in [-0.3, -0.25) is 14.2 Å². The molecule has 2 heterocycles. The van der Waals surface area contributed by atoms with Crippen molar-refractivity contribution in [1.82, 2.24) is 19.4 Å². The maximum absolute atomic E-state index is 13.8. The Morgan fingerprint density at radius 2 is 1.88 bits per heavy atom. The average molecular weight is 457 g/mol. The first kappa shape index (κ1) is 24.5. The highest BCUT2D eigenvalue weighted by molar-refractivity contribution is 6.04. The number of aromatic nitrogens is 2. The minimum atomic E-state index is -0.373. The second kappa shape index (κ2) is 10.2. The number of aryl methyl sites for hydroxylation is 2. The van der Waals surface area contributed by atoms with E-state index in [2.05, 4.69) is 17.1 Å². The maximum atomic E-state index is 13.8. The van der Waals surface area contributed by atoms with Gasteiger partial charge in [-0.1, -0.05) is 13.8 Å². The van der Waals surface area contributed by atoms with Crippen LogP contribution in [0.4, 0.5) is 4.39 Å². The first-order valence-electron chi connectivity index (χ1n) is 11.4. The van der Waals surface area contributed by atoms with Crippen LogP contribution in [0.5, 0.6) is 5.75 Å². The highest BCUT2D eigenvalue weighted by Crippen LogP contribution is 2.32. The van der Waals surface area contributed by atoms with Crippen molar-refractivity contribution >= 4 is 16.8 Å². The molecule has 0 aliphatic rings. The summed E-state index contributed by atoms with van der Waals surface area (Å²) in [5.41, 5.74) is 1.96. The van der Waals surface area contributed by atoms with Crippen molar-refractivity contribution in [3.05, 3.63) is 57.9 Å². The van der Waals surface area contributed by atoms with Crippen LogP contribution in [0.3, 0.4) is 0 Å². The van der Waals surface area contributed by atoms with Gasteiger partial charge in [0.05, 0.1) is 11.6 Å². The lowest BCUT2D eigenvalue weighted by molar-refractivity contribution is 0.0936. The highest BCUT2D eigenvalue weighted by Gasteiger charge is 2.27. The standard InChI is InChI=1S/C25H33FN4O3/c1-7-18-15-20-21(25(32)30(18)19-11-9-17(26)10-12-19)23(33-16(3)4)22(29(20)6)24(31)27-13-14-28(5)8-2/h9-12,15-16H,7-8,13-14H2,1-6H3,(H,27,31). The van der Waals surface area contributed by atoms with Crippen LogP contribution in [-0.4, -0.2) is 52.7 Å². The summed E-state index contributed by atoms with van der Waals surface area (Å²) in [6.07, 6.45) is 0.344. The van der Waals surface area contributed by atoms with Crippen LogP contribution in [-0.2, 0) is 13.5 Å². The number of rotatable bonds is 9. The number of carbonyl (C=O) groups is 1. The molecule has 2 aromatic heterocycles. The SMILES string of the molecule is CCc1cc2c(c(OC(C)C)c(C(=O)NCCN(C)CC)n2C)c(=O)n1-c1ccc(F)cc1. The van der Waals surface area contributed by atoms with Crippen LogP contribution in [0.2, 0.25) is 0 Å². The zero-order valence-corrected chi connectivity index (χ0v) is 20.2. The Bertz CT molecular complexity index is 1200. The molecule has 3 aromatic rings. The Hall–Kier alpha value is -3.13. The van der Waals surface area contributed by atoms with Crippen molar-refractivity contribution in [2.24, 2.45) is 7.05 Å². The van der Waals surface area contributed by atoms with Crippen LogP contribution < -0.4 is 15.6 Å². The van der Waals surface area contributed by atoms with Gasteiger partial charge in [-0.2, -0.15) is 0 Å². The molecule has 178 valence electrons. The Morgan fingerprint density at radius 3 is 2.45 bits per heavy atom. The Balaban J connectivity index is 2.21. The predicted octanol–water partition coefficient (Wildman–Crippen LogP) is 3.50. The van der Waals surface area contributed by atoms with Gasteiger partial charge in [-0.25, -0.2) is 4.39 Å². The van der Waals surface area contributed by atoms with Crippen molar-refractivity contribution in [1.29, 1.82) is 0 Å². The van der Waals surface area contributed by atoms with Crippen LogP contribution >= 0.6 is 0 Å². The molecule has 0 bridgehead atoms. The van der Waals surface area contributed by atoms with Crippen molar-refractivity contribution in [2.75, 3.05) is 26.7 Å². The summed E-state index contributed by atoms with van der Waals surface area (Å²) >= 11 is 0. The molecule has 0 atom stereocenters. The Morgan fingerprint density at radius 1 is 1.21 bits per heavy atom. The van der Waals surface area contributed by atoms with E-state index in [1.54, 1.807) is 28.3 Å². The van der Waals surface area contributed by atoms with Gasteiger partial charge in [0.15, 0.2) is 11.4 Å². The summed E-state index contributed by atoms with van der Waals surface area (Å²) in [5.74, 6) is -0.394. The highest BCUT2D eigenvalue weighted by atomic mass is 19.1. The van der Waals surface area contributed by atoms with Crippen LogP contribution in [0, 0.1) is 5.82 Å². The van der Waals surface area contributed by atoms with Gasteiger partial charge in [0, 0.05) is 31.5 Å². The van der Waals surface area contributed by atoms with E-state index in [-0.39, 0.29) is 29.1 Å². The molecule has 0 aliphatic carbocycles. The molecule has 0 saturated heterocycles. The third kappa shape index (κ3) is 4.95. The second-order valence-corrected chi connectivity index (χ2v) is 8.42. The number of fused-ring (bicyclic) bond motifs is 1. The molecule has 1 aromatic carbocycles. The van der Waals surface area contributed by atoms with Crippen molar-refractivity contribution in [3.8, 4) is 11.4 Å². The van der Waals surface area contributed by atoms with Crippen LogP contribution in [0.25, 0.3) is 16.6 Å². The summed E-state index contributed by atoms with van der Waals surface area (Å²) in [4.78, 5) is 29.0. The normalized spacial score (nSPS) is 11.5. The molecule has 0 saturated carbocycles. The zero-order chi connectivity index (χ0) is 24.3. The van der Waals surface area contributed by atoms with E-state index < -0.39 is 0 Å². The monoisotopic (exact) mass is 456 g/mol. The molecule has 0 fully saturated rings. The number of ether oxygens (including phenoxy) is 1. The first-order valence-corrected chi connectivity index (χ1v) is 11.4.